The SMILES string of the molecule is Cl.NC1(C(=O)NC2CCSc3ccc(Cl)cc32)CCOCC1. The van der Waals surface area contributed by atoms with Gasteiger partial charge in [-0.25, -0.2) is 0 Å². The van der Waals surface area contributed by atoms with Crippen LogP contribution in [0.4, 0.5) is 0 Å². The molecule has 7 heteroatoms. The Kier molecular flexibility index (Phi) is 6.02. The van der Waals surface area contributed by atoms with Gasteiger partial charge in [0, 0.05) is 28.9 Å². The average molecular weight is 363 g/mol. The molecule has 1 fully saturated rings. The lowest BCUT2D eigenvalue weighted by Crippen LogP contribution is -2.57. The minimum atomic E-state index is -0.804. The molecule has 0 saturated carbocycles. The van der Waals surface area contributed by atoms with Gasteiger partial charge in [0.05, 0.1) is 11.6 Å². The number of benzene rings is 1. The van der Waals surface area contributed by atoms with Crippen LogP contribution in [0.2, 0.25) is 5.02 Å². The number of fused-ring (bicyclic) bond motifs is 1. The van der Waals surface area contributed by atoms with Crippen molar-refractivity contribution >= 4 is 41.7 Å². The molecule has 2 aliphatic rings. The summed E-state index contributed by atoms with van der Waals surface area (Å²) in [6, 6.07) is 5.85. The number of amides is 1. The molecular formula is C15H20Cl2N2O2S. The molecule has 1 atom stereocenters. The maximum atomic E-state index is 12.6. The standard InChI is InChI=1S/C15H19ClN2O2S.ClH/c16-10-1-2-13-11(9-10)12(3-8-21-13)18-14(19)15(17)4-6-20-7-5-15;/h1-2,9,12H,3-8,17H2,(H,18,19);1H. The number of hydrogen-bond acceptors (Lipinski definition) is 4. The van der Waals surface area contributed by atoms with Crippen LogP contribution in [0.1, 0.15) is 30.9 Å². The third-order valence-electron chi connectivity index (χ3n) is 4.15. The molecule has 0 spiro atoms. The molecule has 0 bridgehead atoms. The first-order valence-electron chi connectivity index (χ1n) is 7.18. The molecule has 1 saturated heterocycles. The highest BCUT2D eigenvalue weighted by Gasteiger charge is 2.37. The molecule has 122 valence electrons. The van der Waals surface area contributed by atoms with Gasteiger partial charge in [-0.1, -0.05) is 11.6 Å². The van der Waals surface area contributed by atoms with Gasteiger partial charge in [0.1, 0.15) is 0 Å². The maximum absolute atomic E-state index is 12.6. The van der Waals surface area contributed by atoms with Crippen LogP contribution in [-0.2, 0) is 9.53 Å². The van der Waals surface area contributed by atoms with E-state index in [0.717, 1.165) is 17.7 Å². The predicted octanol–water partition coefficient (Wildman–Crippen LogP) is 2.92. The van der Waals surface area contributed by atoms with E-state index in [1.54, 1.807) is 11.8 Å². The van der Waals surface area contributed by atoms with E-state index >= 15 is 0 Å². The minimum Gasteiger partial charge on any atom is -0.381 e. The largest absolute Gasteiger partial charge is 0.381 e. The van der Waals surface area contributed by atoms with Gasteiger partial charge in [0.15, 0.2) is 0 Å². The highest BCUT2D eigenvalue weighted by molar-refractivity contribution is 7.99. The Hall–Kier alpha value is -0.460. The number of carbonyl (C=O) groups is 1. The molecule has 0 aromatic heterocycles. The first-order chi connectivity index (χ1) is 10.1. The summed E-state index contributed by atoms with van der Waals surface area (Å²) < 4.78 is 5.30. The summed E-state index contributed by atoms with van der Waals surface area (Å²) in [4.78, 5) is 13.7. The Morgan fingerprint density at radius 3 is 2.86 bits per heavy atom. The molecule has 1 aromatic carbocycles. The van der Waals surface area contributed by atoms with Crippen LogP contribution < -0.4 is 11.1 Å². The molecule has 2 aliphatic heterocycles. The van der Waals surface area contributed by atoms with E-state index in [1.807, 2.05) is 18.2 Å². The molecular weight excluding hydrogens is 343 g/mol. The van der Waals surface area contributed by atoms with E-state index in [-0.39, 0.29) is 24.4 Å². The zero-order chi connectivity index (χ0) is 14.9. The first-order valence-corrected chi connectivity index (χ1v) is 8.55. The lowest BCUT2D eigenvalue weighted by Gasteiger charge is -2.35. The fourth-order valence-corrected chi connectivity index (χ4v) is 4.07. The minimum absolute atomic E-state index is 0. The quantitative estimate of drug-likeness (QED) is 0.848. The third kappa shape index (κ3) is 3.71. The van der Waals surface area contributed by atoms with Crippen molar-refractivity contribution in [3.63, 3.8) is 0 Å². The summed E-state index contributed by atoms with van der Waals surface area (Å²) in [5.74, 6) is 0.911. The smallest absolute Gasteiger partial charge is 0.240 e. The molecule has 0 radical (unpaired) electrons. The Balaban J connectivity index is 0.00000176. The van der Waals surface area contributed by atoms with Crippen LogP contribution in [0.5, 0.6) is 0 Å². The van der Waals surface area contributed by atoms with E-state index in [2.05, 4.69) is 5.32 Å². The van der Waals surface area contributed by atoms with Crippen molar-refractivity contribution in [3.05, 3.63) is 28.8 Å². The number of nitrogens with one attached hydrogen (secondary N) is 1. The van der Waals surface area contributed by atoms with E-state index in [1.165, 1.54) is 4.90 Å². The number of ether oxygens (including phenoxy) is 1. The molecule has 3 N–H and O–H groups in total. The number of nitrogens with two attached hydrogens (primary N) is 1. The van der Waals surface area contributed by atoms with Gasteiger partial charge in [-0.2, -0.15) is 0 Å². The van der Waals surface area contributed by atoms with Crippen molar-refractivity contribution in [1.29, 1.82) is 0 Å². The van der Waals surface area contributed by atoms with E-state index in [4.69, 9.17) is 22.1 Å². The topological polar surface area (TPSA) is 64.4 Å². The van der Waals surface area contributed by atoms with Crippen molar-refractivity contribution in [2.45, 2.75) is 35.7 Å². The zero-order valence-electron chi connectivity index (χ0n) is 12.1. The lowest BCUT2D eigenvalue weighted by molar-refractivity contribution is -0.130. The summed E-state index contributed by atoms with van der Waals surface area (Å²) in [6.07, 6.45) is 2.04. The van der Waals surface area contributed by atoms with E-state index in [0.29, 0.717) is 31.1 Å². The van der Waals surface area contributed by atoms with Crippen LogP contribution in [0.25, 0.3) is 0 Å². The second-order valence-corrected chi connectivity index (χ2v) is 7.19. The summed E-state index contributed by atoms with van der Waals surface area (Å²) in [5.41, 5.74) is 6.54. The predicted molar refractivity (Wildman–Crippen MR) is 91.9 cm³/mol. The molecule has 22 heavy (non-hydrogen) atoms. The van der Waals surface area contributed by atoms with Crippen molar-refractivity contribution in [2.75, 3.05) is 19.0 Å². The van der Waals surface area contributed by atoms with Gasteiger partial charge >= 0.3 is 0 Å². The summed E-state index contributed by atoms with van der Waals surface area (Å²) in [5, 5.41) is 3.82. The Morgan fingerprint density at radius 1 is 1.41 bits per heavy atom. The molecule has 3 rings (SSSR count). The molecule has 2 heterocycles. The first kappa shape index (κ1) is 17.9. The van der Waals surface area contributed by atoms with Crippen molar-refractivity contribution in [1.82, 2.24) is 5.32 Å². The summed E-state index contributed by atoms with van der Waals surface area (Å²) in [7, 11) is 0. The van der Waals surface area contributed by atoms with Gasteiger partial charge < -0.3 is 15.8 Å². The second kappa shape index (κ2) is 7.41. The highest BCUT2D eigenvalue weighted by atomic mass is 35.5. The molecule has 1 unspecified atom stereocenters. The molecule has 0 aliphatic carbocycles. The molecule has 1 aromatic rings. The zero-order valence-corrected chi connectivity index (χ0v) is 14.5. The summed E-state index contributed by atoms with van der Waals surface area (Å²) >= 11 is 7.89. The molecule has 1 amide bonds. The van der Waals surface area contributed by atoms with Crippen LogP contribution in [0.15, 0.2) is 23.1 Å². The third-order valence-corrected chi connectivity index (χ3v) is 5.51. The monoisotopic (exact) mass is 362 g/mol. The van der Waals surface area contributed by atoms with Crippen molar-refractivity contribution < 1.29 is 9.53 Å². The summed E-state index contributed by atoms with van der Waals surface area (Å²) in [6.45, 7) is 1.10. The number of thioether (sulfide) groups is 1. The number of halogens is 2. The van der Waals surface area contributed by atoms with Gasteiger partial charge in [0.25, 0.3) is 0 Å². The van der Waals surface area contributed by atoms with Crippen LogP contribution in [-0.4, -0.2) is 30.4 Å². The van der Waals surface area contributed by atoms with Crippen molar-refractivity contribution in [3.8, 4) is 0 Å². The Morgan fingerprint density at radius 2 is 2.14 bits per heavy atom. The van der Waals surface area contributed by atoms with E-state index in [9.17, 15) is 4.79 Å². The van der Waals surface area contributed by atoms with Crippen LogP contribution in [0, 0.1) is 0 Å². The Labute approximate surface area is 145 Å². The fraction of sp³-hybridized carbons (Fsp3) is 0.533. The Bertz CT molecular complexity index is 550. The average Bonchev–Trinajstić information content (AvgIpc) is 2.48. The highest BCUT2D eigenvalue weighted by Crippen LogP contribution is 2.37. The second-order valence-electron chi connectivity index (χ2n) is 5.61. The van der Waals surface area contributed by atoms with Gasteiger partial charge in [-0.3, -0.25) is 4.79 Å². The fourth-order valence-electron chi connectivity index (χ4n) is 2.78. The molecule has 4 nitrogen and oxygen atoms in total. The number of rotatable bonds is 2. The van der Waals surface area contributed by atoms with Crippen molar-refractivity contribution in [2.24, 2.45) is 5.73 Å². The maximum Gasteiger partial charge on any atom is 0.240 e. The number of hydrogen-bond donors (Lipinski definition) is 2. The lowest BCUT2D eigenvalue weighted by atomic mass is 9.89. The van der Waals surface area contributed by atoms with Crippen LogP contribution in [0.3, 0.4) is 0 Å². The van der Waals surface area contributed by atoms with Crippen LogP contribution >= 0.6 is 35.8 Å². The van der Waals surface area contributed by atoms with Gasteiger partial charge in [0.2, 0.25) is 5.91 Å². The number of carbonyl (C=O) groups excluding carboxylic acids is 1. The normalized spacial score (nSPS) is 23.1. The van der Waals surface area contributed by atoms with E-state index < -0.39 is 5.54 Å². The van der Waals surface area contributed by atoms with Gasteiger partial charge in [-0.15, -0.1) is 24.2 Å². The van der Waals surface area contributed by atoms with Gasteiger partial charge in [-0.05, 0) is 43.0 Å².